The van der Waals surface area contributed by atoms with Crippen molar-refractivity contribution in [2.45, 2.75) is 57.3 Å². The van der Waals surface area contributed by atoms with Crippen LogP contribution in [0.3, 0.4) is 0 Å². The van der Waals surface area contributed by atoms with Crippen LogP contribution in [0.1, 0.15) is 46.1 Å². The van der Waals surface area contributed by atoms with Crippen molar-refractivity contribution in [3.8, 4) is 0 Å². The summed E-state index contributed by atoms with van der Waals surface area (Å²) in [6, 6.07) is 1.79. The van der Waals surface area contributed by atoms with E-state index in [4.69, 9.17) is 20.8 Å². The summed E-state index contributed by atoms with van der Waals surface area (Å²) in [5.41, 5.74) is 13.6. The normalized spacial score (nSPS) is 25.8. The van der Waals surface area contributed by atoms with Gasteiger partial charge in [-0.3, -0.25) is 4.98 Å². The molecule has 20 heavy (non-hydrogen) atoms. The SMILES string of the molecule is CC1(C)OB(c2nccc(N)c2C2(N)CC2)OC1(C)C. The van der Waals surface area contributed by atoms with Gasteiger partial charge in [0.05, 0.1) is 16.8 Å². The fourth-order valence-corrected chi connectivity index (χ4v) is 2.55. The number of rotatable bonds is 2. The molecule has 1 saturated heterocycles. The number of nitrogen functional groups attached to an aromatic ring is 1. The molecule has 6 heteroatoms. The number of nitrogens with zero attached hydrogens (tertiary/aromatic N) is 1. The number of anilines is 1. The van der Waals surface area contributed by atoms with Gasteiger partial charge in [0.25, 0.3) is 0 Å². The third kappa shape index (κ3) is 1.94. The standard InChI is InChI=1S/C14H22BN3O2/c1-12(2)13(3,4)20-15(19-12)11-10(14(17)6-7-14)9(16)5-8-18-11/h5,8H,6-7,17H2,1-4H3,(H2,16,18). The van der Waals surface area contributed by atoms with E-state index in [1.54, 1.807) is 12.3 Å². The molecule has 1 aromatic heterocycles. The Morgan fingerprint density at radius 1 is 1.15 bits per heavy atom. The molecule has 1 aliphatic carbocycles. The third-order valence-electron chi connectivity index (χ3n) is 4.78. The molecule has 1 aliphatic heterocycles. The van der Waals surface area contributed by atoms with Crippen LogP contribution in [-0.4, -0.2) is 23.3 Å². The number of hydrogen-bond donors (Lipinski definition) is 2. The van der Waals surface area contributed by atoms with E-state index in [9.17, 15) is 0 Å². The quantitative estimate of drug-likeness (QED) is 0.784. The first kappa shape index (κ1) is 13.9. The van der Waals surface area contributed by atoms with E-state index >= 15 is 0 Å². The van der Waals surface area contributed by atoms with Crippen molar-refractivity contribution in [3.05, 3.63) is 17.8 Å². The highest BCUT2D eigenvalue weighted by atomic mass is 16.7. The van der Waals surface area contributed by atoms with Crippen LogP contribution in [0.2, 0.25) is 0 Å². The van der Waals surface area contributed by atoms with Crippen LogP contribution < -0.4 is 17.1 Å². The summed E-state index contributed by atoms with van der Waals surface area (Å²) in [6.07, 6.45) is 3.54. The van der Waals surface area contributed by atoms with Crippen molar-refractivity contribution in [2.24, 2.45) is 5.73 Å². The first-order valence-corrected chi connectivity index (χ1v) is 7.06. The first-order valence-electron chi connectivity index (χ1n) is 7.06. The predicted molar refractivity (Wildman–Crippen MR) is 79.5 cm³/mol. The van der Waals surface area contributed by atoms with Gasteiger partial charge in [0.1, 0.15) is 0 Å². The maximum atomic E-state index is 6.34. The summed E-state index contributed by atoms with van der Waals surface area (Å²) in [5, 5.41) is 0. The smallest absolute Gasteiger partial charge is 0.398 e. The molecule has 1 saturated carbocycles. The lowest BCUT2D eigenvalue weighted by atomic mass is 9.78. The molecule has 108 valence electrons. The second-order valence-electron chi connectivity index (χ2n) is 6.90. The Balaban J connectivity index is 2.03. The monoisotopic (exact) mass is 275 g/mol. The van der Waals surface area contributed by atoms with E-state index < -0.39 is 18.3 Å². The highest BCUT2D eigenvalue weighted by molar-refractivity contribution is 6.62. The van der Waals surface area contributed by atoms with E-state index in [1.165, 1.54) is 0 Å². The van der Waals surface area contributed by atoms with Crippen molar-refractivity contribution < 1.29 is 9.31 Å². The summed E-state index contributed by atoms with van der Waals surface area (Å²) >= 11 is 0. The Morgan fingerprint density at radius 3 is 2.20 bits per heavy atom. The largest absolute Gasteiger partial charge is 0.514 e. The predicted octanol–water partition coefficient (Wildman–Crippen LogP) is 0.911. The maximum Gasteiger partial charge on any atom is 0.514 e. The minimum atomic E-state index is -0.514. The van der Waals surface area contributed by atoms with Gasteiger partial charge in [-0.05, 0) is 46.6 Å². The maximum absolute atomic E-state index is 6.34. The molecule has 3 rings (SSSR count). The zero-order chi connectivity index (χ0) is 14.8. The first-order chi connectivity index (χ1) is 9.16. The van der Waals surface area contributed by atoms with Gasteiger partial charge in [0.15, 0.2) is 0 Å². The highest BCUT2D eigenvalue weighted by Crippen LogP contribution is 2.45. The van der Waals surface area contributed by atoms with Gasteiger partial charge in [-0.2, -0.15) is 0 Å². The molecular weight excluding hydrogens is 253 g/mol. The second kappa shape index (κ2) is 3.96. The molecule has 0 bridgehead atoms. The molecular formula is C14H22BN3O2. The molecule has 2 aliphatic rings. The van der Waals surface area contributed by atoms with Gasteiger partial charge < -0.3 is 20.8 Å². The lowest BCUT2D eigenvalue weighted by molar-refractivity contribution is 0.00578. The lowest BCUT2D eigenvalue weighted by Gasteiger charge is -2.32. The number of nitrogens with two attached hydrogens (primary N) is 2. The molecule has 0 radical (unpaired) electrons. The average molecular weight is 275 g/mol. The Hall–Kier alpha value is -1.11. The van der Waals surface area contributed by atoms with Crippen molar-refractivity contribution in [3.63, 3.8) is 0 Å². The van der Waals surface area contributed by atoms with Gasteiger partial charge in [-0.15, -0.1) is 0 Å². The van der Waals surface area contributed by atoms with Crippen LogP contribution in [0.5, 0.6) is 0 Å². The topological polar surface area (TPSA) is 83.4 Å². The minimum Gasteiger partial charge on any atom is -0.398 e. The zero-order valence-corrected chi connectivity index (χ0v) is 12.6. The molecule has 0 unspecified atom stereocenters. The molecule has 1 aromatic rings. The number of hydrogen-bond acceptors (Lipinski definition) is 5. The number of aromatic nitrogens is 1. The average Bonchev–Trinajstić information content (AvgIpc) is 3.00. The van der Waals surface area contributed by atoms with E-state index in [1.807, 2.05) is 27.7 Å². The van der Waals surface area contributed by atoms with Crippen LogP contribution in [0.15, 0.2) is 12.3 Å². The second-order valence-corrected chi connectivity index (χ2v) is 6.90. The fourth-order valence-electron chi connectivity index (χ4n) is 2.55. The van der Waals surface area contributed by atoms with Gasteiger partial charge in [-0.1, -0.05) is 0 Å². The minimum absolute atomic E-state index is 0.364. The van der Waals surface area contributed by atoms with Crippen molar-refractivity contribution >= 4 is 18.4 Å². The van der Waals surface area contributed by atoms with Crippen LogP contribution in [0.4, 0.5) is 5.69 Å². The molecule has 0 aromatic carbocycles. The molecule has 0 spiro atoms. The van der Waals surface area contributed by atoms with Gasteiger partial charge in [0, 0.05) is 23.0 Å². The molecule has 2 heterocycles. The Kier molecular flexibility index (Phi) is 2.75. The van der Waals surface area contributed by atoms with Gasteiger partial charge in [0.2, 0.25) is 0 Å². The van der Waals surface area contributed by atoms with Crippen LogP contribution in [-0.2, 0) is 14.8 Å². The van der Waals surface area contributed by atoms with E-state index in [-0.39, 0.29) is 5.54 Å². The fraction of sp³-hybridized carbons (Fsp3) is 0.643. The Morgan fingerprint density at radius 2 is 1.70 bits per heavy atom. The van der Waals surface area contributed by atoms with Gasteiger partial charge in [-0.25, -0.2) is 0 Å². The summed E-state index contributed by atoms with van der Waals surface area (Å²) in [4.78, 5) is 4.45. The van der Waals surface area contributed by atoms with Crippen molar-refractivity contribution in [1.82, 2.24) is 4.98 Å². The van der Waals surface area contributed by atoms with Crippen LogP contribution in [0.25, 0.3) is 0 Å². The van der Waals surface area contributed by atoms with E-state index in [2.05, 4.69) is 4.98 Å². The Bertz CT molecular complexity index is 539. The van der Waals surface area contributed by atoms with Crippen molar-refractivity contribution in [1.29, 1.82) is 0 Å². The number of pyridine rings is 1. The lowest BCUT2D eigenvalue weighted by Crippen LogP contribution is -2.43. The molecule has 0 amide bonds. The summed E-state index contributed by atoms with van der Waals surface area (Å²) in [5.74, 6) is 0. The van der Waals surface area contributed by atoms with Crippen molar-refractivity contribution in [2.75, 3.05) is 5.73 Å². The highest BCUT2D eigenvalue weighted by Gasteiger charge is 2.55. The van der Waals surface area contributed by atoms with E-state index in [0.717, 1.165) is 24.0 Å². The van der Waals surface area contributed by atoms with E-state index in [0.29, 0.717) is 5.69 Å². The van der Waals surface area contributed by atoms with Crippen LogP contribution in [0, 0.1) is 0 Å². The molecule has 4 N–H and O–H groups in total. The summed E-state index contributed by atoms with van der Waals surface area (Å²) < 4.78 is 12.1. The molecule has 2 fully saturated rings. The third-order valence-corrected chi connectivity index (χ3v) is 4.78. The molecule has 5 nitrogen and oxygen atoms in total. The summed E-state index contributed by atoms with van der Waals surface area (Å²) in [7, 11) is -0.514. The van der Waals surface area contributed by atoms with Crippen LogP contribution >= 0.6 is 0 Å². The van der Waals surface area contributed by atoms with Gasteiger partial charge >= 0.3 is 7.12 Å². The zero-order valence-electron chi connectivity index (χ0n) is 12.6. The molecule has 0 atom stereocenters. The Labute approximate surface area is 120 Å². The summed E-state index contributed by atoms with van der Waals surface area (Å²) in [6.45, 7) is 8.09.